The average molecular weight is 354 g/mol. The average Bonchev–Trinajstić information content (AvgIpc) is 2.85. The lowest BCUT2D eigenvalue weighted by Gasteiger charge is -2.40. The number of aryl methyl sites for hydroxylation is 2. The summed E-state index contributed by atoms with van der Waals surface area (Å²) in [6.45, 7) is 5.58. The van der Waals surface area contributed by atoms with Crippen LogP contribution < -0.4 is 5.32 Å². The molecule has 136 valence electrons. The highest BCUT2D eigenvalue weighted by atomic mass is 19.4. The van der Waals surface area contributed by atoms with Gasteiger partial charge in [-0.25, -0.2) is 4.98 Å². The van der Waals surface area contributed by atoms with Crippen LogP contribution in [0.1, 0.15) is 54.3 Å². The maximum absolute atomic E-state index is 12.7. The molecule has 1 aromatic heterocycles. The topological polar surface area (TPSA) is 58.3 Å². The number of nitrogens with one attached hydrogen (secondary N) is 1. The molecule has 1 aliphatic heterocycles. The number of piperidine rings is 1. The highest BCUT2D eigenvalue weighted by molar-refractivity contribution is 5.30. The van der Waals surface area contributed by atoms with Gasteiger partial charge in [-0.1, -0.05) is 12.1 Å². The molecule has 4 nitrogen and oxygen atoms in total. The van der Waals surface area contributed by atoms with Gasteiger partial charge >= 0.3 is 6.18 Å². The third-order valence-electron chi connectivity index (χ3n) is 4.76. The van der Waals surface area contributed by atoms with Crippen LogP contribution in [0, 0.1) is 13.8 Å². The normalized spacial score (nSPS) is 27.5. The Balaban J connectivity index is 1.89. The van der Waals surface area contributed by atoms with Crippen LogP contribution in [0.15, 0.2) is 28.7 Å². The fraction of sp³-hybridized carbons (Fsp3) is 0.500. The van der Waals surface area contributed by atoms with Gasteiger partial charge in [0.25, 0.3) is 0 Å². The van der Waals surface area contributed by atoms with E-state index in [0.717, 1.165) is 17.8 Å². The Hall–Kier alpha value is -1.86. The SMILES string of the molecule is Cc1nc([C@@H]2CC(O)(c3ccc(C(F)(F)F)cc3)C[C@H](C)N2)oc1C. The molecule has 1 unspecified atom stereocenters. The molecule has 0 bridgehead atoms. The molecule has 2 heterocycles. The second-order valence-electron chi connectivity index (χ2n) is 6.83. The molecule has 0 radical (unpaired) electrons. The second-order valence-corrected chi connectivity index (χ2v) is 6.83. The number of benzene rings is 1. The van der Waals surface area contributed by atoms with Gasteiger partial charge in [0.2, 0.25) is 5.89 Å². The summed E-state index contributed by atoms with van der Waals surface area (Å²) in [5, 5.41) is 14.5. The molecule has 25 heavy (non-hydrogen) atoms. The third-order valence-corrected chi connectivity index (χ3v) is 4.76. The van der Waals surface area contributed by atoms with Gasteiger partial charge in [0.15, 0.2) is 0 Å². The molecular formula is C18H21F3N2O2. The summed E-state index contributed by atoms with van der Waals surface area (Å²) in [6.07, 6.45) is -3.71. The minimum Gasteiger partial charge on any atom is -0.444 e. The van der Waals surface area contributed by atoms with Crippen molar-refractivity contribution in [2.24, 2.45) is 0 Å². The van der Waals surface area contributed by atoms with Crippen LogP contribution in [0.4, 0.5) is 13.2 Å². The van der Waals surface area contributed by atoms with Crippen molar-refractivity contribution in [3.05, 3.63) is 52.7 Å². The Bertz CT molecular complexity index is 735. The van der Waals surface area contributed by atoms with Gasteiger partial charge in [-0.05, 0) is 44.9 Å². The van der Waals surface area contributed by atoms with Gasteiger partial charge in [-0.3, -0.25) is 0 Å². The number of oxazole rings is 1. The Morgan fingerprint density at radius 1 is 1.20 bits per heavy atom. The van der Waals surface area contributed by atoms with E-state index in [1.54, 1.807) is 0 Å². The summed E-state index contributed by atoms with van der Waals surface area (Å²) in [5.41, 5.74) is -0.709. The van der Waals surface area contributed by atoms with Crippen LogP contribution in [0.25, 0.3) is 0 Å². The first kappa shape index (κ1) is 17.9. The van der Waals surface area contributed by atoms with Gasteiger partial charge in [-0.15, -0.1) is 0 Å². The zero-order valence-electron chi connectivity index (χ0n) is 14.3. The summed E-state index contributed by atoms with van der Waals surface area (Å²) < 4.78 is 43.9. The molecule has 1 aliphatic rings. The van der Waals surface area contributed by atoms with Crippen molar-refractivity contribution in [3.63, 3.8) is 0 Å². The number of aliphatic hydroxyl groups is 1. The Morgan fingerprint density at radius 3 is 2.36 bits per heavy atom. The number of rotatable bonds is 2. The van der Waals surface area contributed by atoms with Gasteiger partial charge in [0.1, 0.15) is 5.76 Å². The third kappa shape index (κ3) is 3.57. The maximum atomic E-state index is 12.7. The van der Waals surface area contributed by atoms with Crippen molar-refractivity contribution >= 4 is 0 Å². The summed E-state index contributed by atoms with van der Waals surface area (Å²) in [5.74, 6) is 1.21. The molecule has 7 heteroatoms. The number of alkyl halides is 3. The molecule has 2 aromatic rings. The van der Waals surface area contributed by atoms with Crippen molar-refractivity contribution in [2.75, 3.05) is 0 Å². The lowest BCUT2D eigenvalue weighted by molar-refractivity contribution is -0.137. The largest absolute Gasteiger partial charge is 0.444 e. The van der Waals surface area contributed by atoms with Crippen LogP contribution in [0.3, 0.4) is 0 Å². The molecule has 1 aromatic carbocycles. The van der Waals surface area contributed by atoms with E-state index in [9.17, 15) is 18.3 Å². The van der Waals surface area contributed by atoms with Crippen LogP contribution >= 0.6 is 0 Å². The minimum atomic E-state index is -4.39. The highest BCUT2D eigenvalue weighted by Crippen LogP contribution is 2.41. The highest BCUT2D eigenvalue weighted by Gasteiger charge is 2.41. The Morgan fingerprint density at radius 2 is 1.84 bits per heavy atom. The fourth-order valence-electron chi connectivity index (χ4n) is 3.40. The van der Waals surface area contributed by atoms with E-state index < -0.39 is 17.3 Å². The molecule has 1 saturated heterocycles. The Labute approximate surface area is 144 Å². The molecule has 0 spiro atoms. The molecule has 0 saturated carbocycles. The smallest absolute Gasteiger partial charge is 0.416 e. The van der Waals surface area contributed by atoms with Crippen molar-refractivity contribution in [1.82, 2.24) is 10.3 Å². The number of aromatic nitrogens is 1. The van der Waals surface area contributed by atoms with E-state index >= 15 is 0 Å². The minimum absolute atomic E-state index is 0.0430. The van der Waals surface area contributed by atoms with Crippen LogP contribution in [-0.4, -0.2) is 16.1 Å². The van der Waals surface area contributed by atoms with E-state index in [1.165, 1.54) is 12.1 Å². The van der Waals surface area contributed by atoms with Gasteiger partial charge in [0.05, 0.1) is 22.9 Å². The first-order valence-corrected chi connectivity index (χ1v) is 8.18. The molecule has 1 fully saturated rings. The van der Waals surface area contributed by atoms with Crippen LogP contribution in [0.2, 0.25) is 0 Å². The quantitative estimate of drug-likeness (QED) is 0.856. The number of hydrogen-bond acceptors (Lipinski definition) is 4. The monoisotopic (exact) mass is 354 g/mol. The van der Waals surface area contributed by atoms with Crippen molar-refractivity contribution in [2.45, 2.75) is 57.5 Å². The van der Waals surface area contributed by atoms with E-state index in [0.29, 0.717) is 23.6 Å². The van der Waals surface area contributed by atoms with E-state index in [4.69, 9.17) is 4.42 Å². The van der Waals surface area contributed by atoms with Gasteiger partial charge in [-0.2, -0.15) is 13.2 Å². The lowest BCUT2D eigenvalue weighted by Crippen LogP contribution is -2.47. The standard InChI is InChI=1S/C18H21F3N2O2/c1-10-8-17(24,13-4-6-14(7-5-13)18(19,20)21)9-15(22-10)16-23-11(2)12(3)25-16/h4-7,10,15,22,24H,8-9H2,1-3H3/t10-,15-,17?/m0/s1. The van der Waals surface area contributed by atoms with Crippen molar-refractivity contribution < 1.29 is 22.7 Å². The summed E-state index contributed by atoms with van der Waals surface area (Å²) in [4.78, 5) is 4.38. The summed E-state index contributed by atoms with van der Waals surface area (Å²) in [6, 6.07) is 4.37. The Kier molecular flexibility index (Phi) is 4.41. The van der Waals surface area contributed by atoms with E-state index in [1.807, 2.05) is 20.8 Å². The first-order chi connectivity index (χ1) is 11.6. The molecule has 0 amide bonds. The van der Waals surface area contributed by atoms with Crippen molar-refractivity contribution in [1.29, 1.82) is 0 Å². The predicted molar refractivity (Wildman–Crippen MR) is 85.9 cm³/mol. The molecular weight excluding hydrogens is 333 g/mol. The maximum Gasteiger partial charge on any atom is 0.416 e. The molecule has 2 N–H and O–H groups in total. The predicted octanol–water partition coefficient (Wildman–Crippen LogP) is 4.01. The zero-order chi connectivity index (χ0) is 18.4. The molecule has 0 aliphatic carbocycles. The van der Waals surface area contributed by atoms with Gasteiger partial charge in [0, 0.05) is 12.5 Å². The molecule has 3 rings (SSSR count). The fourth-order valence-corrected chi connectivity index (χ4v) is 3.40. The number of halogens is 3. The second kappa shape index (κ2) is 6.14. The van der Waals surface area contributed by atoms with Crippen LogP contribution in [-0.2, 0) is 11.8 Å². The van der Waals surface area contributed by atoms with E-state index in [2.05, 4.69) is 10.3 Å². The number of hydrogen-bond donors (Lipinski definition) is 2. The summed E-state index contributed by atoms with van der Waals surface area (Å²) >= 11 is 0. The zero-order valence-corrected chi connectivity index (χ0v) is 14.3. The lowest BCUT2D eigenvalue weighted by atomic mass is 9.78. The molecule has 3 atom stereocenters. The van der Waals surface area contributed by atoms with Crippen molar-refractivity contribution in [3.8, 4) is 0 Å². The van der Waals surface area contributed by atoms with Gasteiger partial charge < -0.3 is 14.8 Å². The van der Waals surface area contributed by atoms with Crippen LogP contribution in [0.5, 0.6) is 0 Å². The van der Waals surface area contributed by atoms with E-state index in [-0.39, 0.29) is 18.5 Å². The first-order valence-electron chi connectivity index (χ1n) is 8.18. The number of nitrogens with zero attached hydrogens (tertiary/aromatic N) is 1. The summed E-state index contributed by atoms with van der Waals surface area (Å²) in [7, 11) is 0.